The van der Waals surface area contributed by atoms with Gasteiger partial charge in [0.25, 0.3) is 0 Å². The average molecular weight is 278 g/mol. The number of carbonyl (C=O) groups is 1. The molecule has 0 spiro atoms. The summed E-state index contributed by atoms with van der Waals surface area (Å²) < 4.78 is 21.5. The molecule has 0 radical (unpaired) electrons. The third-order valence-corrected chi connectivity index (χ3v) is 3.72. The summed E-state index contributed by atoms with van der Waals surface area (Å²) in [5, 5.41) is 0.192. The highest BCUT2D eigenvalue weighted by atomic mass is 32.2. The van der Waals surface area contributed by atoms with Gasteiger partial charge in [0.2, 0.25) is 0 Å². The van der Waals surface area contributed by atoms with Gasteiger partial charge in [-0.15, -0.1) is 0 Å². The standard InChI is InChI=1S/C10H16O5S.C2H6/c1-6(11)16-8-4-14-9-7(15-5-12-2)3-13-10(8)9;1-2/h7-10H,3-5H2,1-2H3;1-2H3/t7-,8+,9-,10-;/m1./s1. The lowest BCUT2D eigenvalue weighted by atomic mass is 10.1. The van der Waals surface area contributed by atoms with Crippen molar-refractivity contribution in [2.45, 2.75) is 44.3 Å². The second-order valence-electron chi connectivity index (χ2n) is 3.86. The minimum absolute atomic E-state index is 0.0317. The zero-order valence-corrected chi connectivity index (χ0v) is 12.2. The van der Waals surface area contributed by atoms with Crippen LogP contribution in [0.15, 0.2) is 0 Å². The smallest absolute Gasteiger partial charge is 0.186 e. The summed E-state index contributed by atoms with van der Waals surface area (Å²) in [6, 6.07) is 0. The van der Waals surface area contributed by atoms with E-state index in [9.17, 15) is 4.79 Å². The lowest BCUT2D eigenvalue weighted by Crippen LogP contribution is -2.32. The largest absolute Gasteiger partial charge is 0.371 e. The van der Waals surface area contributed by atoms with Gasteiger partial charge in [0.15, 0.2) is 5.12 Å². The number of carbonyl (C=O) groups excluding carboxylic acids is 1. The monoisotopic (exact) mass is 278 g/mol. The number of ether oxygens (including phenoxy) is 4. The first-order chi connectivity index (χ1) is 8.72. The van der Waals surface area contributed by atoms with Gasteiger partial charge in [-0.05, 0) is 0 Å². The summed E-state index contributed by atoms with van der Waals surface area (Å²) in [5.41, 5.74) is 0. The van der Waals surface area contributed by atoms with E-state index in [1.54, 1.807) is 14.0 Å². The van der Waals surface area contributed by atoms with Gasteiger partial charge in [0, 0.05) is 14.0 Å². The lowest BCUT2D eigenvalue weighted by Gasteiger charge is -2.16. The fraction of sp³-hybridized carbons (Fsp3) is 0.917. The highest BCUT2D eigenvalue weighted by Crippen LogP contribution is 2.35. The van der Waals surface area contributed by atoms with Crippen molar-refractivity contribution in [3.63, 3.8) is 0 Å². The topological polar surface area (TPSA) is 54.0 Å². The summed E-state index contributed by atoms with van der Waals surface area (Å²) in [6.07, 6.45) is -0.176. The van der Waals surface area contributed by atoms with Gasteiger partial charge in [0.05, 0.1) is 18.5 Å². The Bertz CT molecular complexity index is 261. The van der Waals surface area contributed by atoms with Crippen LogP contribution < -0.4 is 0 Å². The Morgan fingerprint density at radius 1 is 1.28 bits per heavy atom. The third-order valence-electron chi connectivity index (χ3n) is 2.68. The van der Waals surface area contributed by atoms with Crippen molar-refractivity contribution in [2.24, 2.45) is 0 Å². The summed E-state index contributed by atoms with van der Waals surface area (Å²) >= 11 is 1.29. The average Bonchev–Trinajstić information content (AvgIpc) is 2.92. The van der Waals surface area contributed by atoms with Crippen molar-refractivity contribution in [3.05, 3.63) is 0 Å². The summed E-state index contributed by atoms with van der Waals surface area (Å²) in [6.45, 7) is 6.86. The van der Waals surface area contributed by atoms with E-state index in [-0.39, 0.29) is 35.5 Å². The van der Waals surface area contributed by atoms with Crippen LogP contribution >= 0.6 is 11.8 Å². The van der Waals surface area contributed by atoms with Gasteiger partial charge >= 0.3 is 0 Å². The molecule has 0 saturated carbocycles. The van der Waals surface area contributed by atoms with Gasteiger partial charge in [-0.25, -0.2) is 0 Å². The van der Waals surface area contributed by atoms with E-state index in [1.165, 1.54) is 11.8 Å². The van der Waals surface area contributed by atoms with Crippen LogP contribution in [0.4, 0.5) is 0 Å². The van der Waals surface area contributed by atoms with Crippen molar-refractivity contribution in [1.29, 1.82) is 0 Å². The molecule has 106 valence electrons. The van der Waals surface area contributed by atoms with Gasteiger partial charge in [-0.2, -0.15) is 0 Å². The molecule has 2 aliphatic rings. The number of hydrogen-bond donors (Lipinski definition) is 0. The Kier molecular flexibility index (Phi) is 7.18. The normalized spacial score (nSPS) is 33.8. The molecule has 5 nitrogen and oxygen atoms in total. The molecule has 0 amide bonds. The molecule has 0 aromatic heterocycles. The molecule has 0 aromatic rings. The van der Waals surface area contributed by atoms with E-state index in [2.05, 4.69) is 0 Å². The third kappa shape index (κ3) is 3.93. The Morgan fingerprint density at radius 3 is 2.56 bits per heavy atom. The maximum Gasteiger partial charge on any atom is 0.186 e. The van der Waals surface area contributed by atoms with Crippen LogP contribution in [0.3, 0.4) is 0 Å². The molecule has 2 saturated heterocycles. The van der Waals surface area contributed by atoms with Gasteiger partial charge in [0.1, 0.15) is 25.1 Å². The zero-order valence-electron chi connectivity index (χ0n) is 11.4. The predicted octanol–water partition coefficient (Wildman–Crippen LogP) is 1.45. The fourth-order valence-electron chi connectivity index (χ4n) is 2.04. The van der Waals surface area contributed by atoms with Crippen molar-refractivity contribution in [3.8, 4) is 0 Å². The van der Waals surface area contributed by atoms with Crippen LogP contribution in [-0.4, -0.2) is 55.8 Å². The van der Waals surface area contributed by atoms with Crippen LogP contribution in [0.5, 0.6) is 0 Å². The number of thioether (sulfide) groups is 1. The molecule has 0 N–H and O–H groups in total. The summed E-state index contributed by atoms with van der Waals surface area (Å²) in [5.74, 6) is 0. The highest BCUT2D eigenvalue weighted by molar-refractivity contribution is 8.14. The molecule has 6 heteroatoms. The molecule has 2 rings (SSSR count). The van der Waals surface area contributed by atoms with Crippen LogP contribution in [0, 0.1) is 0 Å². The van der Waals surface area contributed by atoms with Gasteiger partial charge < -0.3 is 18.9 Å². The molecular weight excluding hydrogens is 256 g/mol. The fourth-order valence-corrected chi connectivity index (χ4v) is 2.98. The van der Waals surface area contributed by atoms with Gasteiger partial charge in [-0.1, -0.05) is 25.6 Å². The Labute approximate surface area is 112 Å². The van der Waals surface area contributed by atoms with Crippen LogP contribution in [0.1, 0.15) is 20.8 Å². The van der Waals surface area contributed by atoms with Crippen LogP contribution in [0.25, 0.3) is 0 Å². The van der Waals surface area contributed by atoms with E-state index in [0.717, 1.165) is 0 Å². The SMILES string of the molecule is CC.COCO[C@@H]1CO[C@H]2[C@@H]1OC[C@@H]2SC(C)=O. The number of rotatable bonds is 4. The van der Waals surface area contributed by atoms with Gasteiger partial charge in [-0.3, -0.25) is 4.79 Å². The van der Waals surface area contributed by atoms with Crippen molar-refractivity contribution in [2.75, 3.05) is 27.1 Å². The van der Waals surface area contributed by atoms with E-state index < -0.39 is 0 Å². The van der Waals surface area contributed by atoms with Crippen LogP contribution in [0.2, 0.25) is 0 Å². The number of fused-ring (bicyclic) bond motifs is 1. The molecule has 0 bridgehead atoms. The Morgan fingerprint density at radius 2 is 1.94 bits per heavy atom. The summed E-state index contributed by atoms with van der Waals surface area (Å²) in [7, 11) is 1.58. The Hall–Kier alpha value is -0.140. The Balaban J connectivity index is 0.000000771. The van der Waals surface area contributed by atoms with Crippen molar-refractivity contribution >= 4 is 16.9 Å². The van der Waals surface area contributed by atoms with Crippen molar-refractivity contribution < 1.29 is 23.7 Å². The first-order valence-corrected chi connectivity index (χ1v) is 7.11. The quantitative estimate of drug-likeness (QED) is 0.726. The van der Waals surface area contributed by atoms with E-state index in [1.807, 2.05) is 13.8 Å². The molecule has 0 unspecified atom stereocenters. The van der Waals surface area contributed by atoms with Crippen LogP contribution in [-0.2, 0) is 23.7 Å². The second kappa shape index (κ2) is 8.12. The number of hydrogen-bond acceptors (Lipinski definition) is 6. The first kappa shape index (κ1) is 15.9. The molecule has 0 aliphatic carbocycles. The minimum Gasteiger partial charge on any atom is -0.371 e. The minimum atomic E-state index is -0.0810. The predicted molar refractivity (Wildman–Crippen MR) is 69.6 cm³/mol. The van der Waals surface area contributed by atoms with E-state index >= 15 is 0 Å². The lowest BCUT2D eigenvalue weighted by molar-refractivity contribution is -0.109. The molecule has 2 aliphatic heterocycles. The molecule has 0 aromatic carbocycles. The zero-order chi connectivity index (χ0) is 13.5. The molecule has 18 heavy (non-hydrogen) atoms. The molecular formula is C12H22O5S. The van der Waals surface area contributed by atoms with Crippen molar-refractivity contribution in [1.82, 2.24) is 0 Å². The first-order valence-electron chi connectivity index (χ1n) is 6.23. The number of methoxy groups -OCH3 is 1. The second-order valence-corrected chi connectivity index (χ2v) is 5.27. The van der Waals surface area contributed by atoms with E-state index in [4.69, 9.17) is 18.9 Å². The van der Waals surface area contributed by atoms with E-state index in [0.29, 0.717) is 13.2 Å². The maximum absolute atomic E-state index is 11.0. The molecule has 4 atom stereocenters. The molecule has 2 fully saturated rings. The summed E-state index contributed by atoms with van der Waals surface area (Å²) in [4.78, 5) is 11.0. The highest BCUT2D eigenvalue weighted by Gasteiger charge is 2.48. The maximum atomic E-state index is 11.0. The molecule has 2 heterocycles.